The number of ether oxygens (including phenoxy) is 4. The zero-order valence-corrected chi connectivity index (χ0v) is 14.2. The predicted molar refractivity (Wildman–Crippen MR) is 90.0 cm³/mol. The second-order valence-electron chi connectivity index (χ2n) is 7.67. The Kier molecular flexibility index (Phi) is 2.55. The van der Waals surface area contributed by atoms with E-state index in [1.165, 1.54) is 22.3 Å². The Morgan fingerprint density at radius 1 is 0.920 bits per heavy atom. The van der Waals surface area contributed by atoms with E-state index in [-0.39, 0.29) is 0 Å². The fourth-order valence-corrected chi connectivity index (χ4v) is 4.92. The molecule has 128 valence electrons. The van der Waals surface area contributed by atoms with Crippen molar-refractivity contribution in [3.8, 4) is 23.0 Å². The van der Waals surface area contributed by atoms with E-state index in [4.69, 9.17) is 18.9 Å². The molecule has 0 bridgehead atoms. The third kappa shape index (κ3) is 1.82. The van der Waals surface area contributed by atoms with Crippen LogP contribution in [-0.4, -0.2) is 31.7 Å². The monoisotopic (exact) mass is 338 g/mol. The minimum absolute atomic E-state index is 0.335. The summed E-state index contributed by atoms with van der Waals surface area (Å²) >= 11 is 0. The third-order valence-corrected chi connectivity index (χ3v) is 6.31. The number of likely N-dealkylation sites (N-methyl/N-ethyl adjacent to an activating group) is 1. The number of fused-ring (bicyclic) bond motifs is 7. The molecule has 6 rings (SSSR count). The summed E-state index contributed by atoms with van der Waals surface area (Å²) in [5.41, 5.74) is 5.55. The Labute approximate surface area is 146 Å². The summed E-state index contributed by atoms with van der Waals surface area (Å²) in [6.07, 6.45) is 2.09. The van der Waals surface area contributed by atoms with E-state index in [1.54, 1.807) is 0 Å². The van der Waals surface area contributed by atoms with Crippen LogP contribution < -0.4 is 18.9 Å². The van der Waals surface area contributed by atoms with Crippen LogP contribution in [0.4, 0.5) is 0 Å². The molecule has 0 spiro atoms. The molecule has 0 unspecified atom stereocenters. The minimum Gasteiger partial charge on any atom is -0.454 e. The molecule has 0 amide bonds. The van der Waals surface area contributed by atoms with Gasteiger partial charge in [-0.05, 0) is 29.3 Å². The first-order valence-electron chi connectivity index (χ1n) is 8.88. The van der Waals surface area contributed by atoms with E-state index in [9.17, 15) is 0 Å². The van der Waals surface area contributed by atoms with Gasteiger partial charge in [0.15, 0.2) is 23.0 Å². The smallest absolute Gasteiger partial charge is 0.231 e. The lowest BCUT2D eigenvalue weighted by molar-refractivity contribution is -0.956. The van der Waals surface area contributed by atoms with Gasteiger partial charge in [-0.1, -0.05) is 6.07 Å². The van der Waals surface area contributed by atoms with Crippen molar-refractivity contribution in [2.24, 2.45) is 0 Å². The molecule has 4 heterocycles. The summed E-state index contributed by atoms with van der Waals surface area (Å²) in [6, 6.07) is 9.13. The number of nitrogens with zero attached hydrogens (tertiary/aromatic N) is 1. The molecule has 0 aromatic heterocycles. The highest BCUT2D eigenvalue weighted by Crippen LogP contribution is 2.50. The van der Waals surface area contributed by atoms with E-state index in [1.807, 2.05) is 0 Å². The number of hydrogen-bond donors (Lipinski definition) is 0. The quantitative estimate of drug-likeness (QED) is 0.692. The van der Waals surface area contributed by atoms with Gasteiger partial charge in [0.05, 0.1) is 19.2 Å². The fraction of sp³-hybridized carbons (Fsp3) is 0.400. The summed E-state index contributed by atoms with van der Waals surface area (Å²) in [6.45, 7) is 2.79. The highest BCUT2D eigenvalue weighted by Gasteiger charge is 2.45. The van der Waals surface area contributed by atoms with Crippen molar-refractivity contribution in [1.29, 1.82) is 0 Å². The highest BCUT2D eigenvalue weighted by molar-refractivity contribution is 5.54. The van der Waals surface area contributed by atoms with Crippen LogP contribution in [0.1, 0.15) is 28.3 Å². The molecule has 2 atom stereocenters. The Bertz CT molecular complexity index is 909. The Hall–Kier alpha value is -2.40. The van der Waals surface area contributed by atoms with E-state index in [0.29, 0.717) is 19.6 Å². The van der Waals surface area contributed by atoms with Crippen molar-refractivity contribution in [2.75, 3.05) is 27.2 Å². The van der Waals surface area contributed by atoms with Gasteiger partial charge in [-0.15, -0.1) is 0 Å². The number of quaternary nitrogens is 1. The second-order valence-corrected chi connectivity index (χ2v) is 7.67. The first-order chi connectivity index (χ1) is 12.2. The molecular weight excluding hydrogens is 318 g/mol. The van der Waals surface area contributed by atoms with Crippen molar-refractivity contribution in [3.63, 3.8) is 0 Å². The van der Waals surface area contributed by atoms with Gasteiger partial charge in [-0.2, -0.15) is 0 Å². The number of hydrogen-bond acceptors (Lipinski definition) is 4. The Morgan fingerprint density at radius 2 is 1.72 bits per heavy atom. The maximum atomic E-state index is 5.78. The summed E-state index contributed by atoms with van der Waals surface area (Å²) in [7, 11) is 2.37. The van der Waals surface area contributed by atoms with Gasteiger partial charge in [0.25, 0.3) is 0 Å². The van der Waals surface area contributed by atoms with Gasteiger partial charge >= 0.3 is 0 Å². The SMILES string of the molecule is C[N@+]12CCc3cc4c(cc3[C@H]1Cc1ccc3c(c1C2)OCO3)OCO4. The van der Waals surface area contributed by atoms with E-state index >= 15 is 0 Å². The molecule has 0 N–H and O–H groups in total. The lowest BCUT2D eigenvalue weighted by Gasteiger charge is -2.48. The van der Waals surface area contributed by atoms with Crippen LogP contribution in [0.3, 0.4) is 0 Å². The summed E-state index contributed by atoms with van der Waals surface area (Å²) < 4.78 is 23.6. The zero-order valence-electron chi connectivity index (χ0n) is 14.2. The predicted octanol–water partition coefficient (Wildman–Crippen LogP) is 2.94. The summed E-state index contributed by atoms with van der Waals surface area (Å²) in [5.74, 6) is 3.65. The standard InChI is InChI=1S/C20H20NO4/c1-21-5-4-13-7-18-19(24-10-23-18)8-14(13)16(21)6-12-2-3-17-20(15(12)9-21)25-11-22-17/h2-3,7-8,16H,4-6,9-11H2,1H3/q+1/t16-,21-/m1/s1. The van der Waals surface area contributed by atoms with Gasteiger partial charge in [0.1, 0.15) is 12.6 Å². The van der Waals surface area contributed by atoms with E-state index in [2.05, 4.69) is 31.3 Å². The molecule has 2 aromatic carbocycles. The first-order valence-corrected chi connectivity index (χ1v) is 8.88. The molecule has 5 nitrogen and oxygen atoms in total. The maximum Gasteiger partial charge on any atom is 0.231 e. The van der Waals surface area contributed by atoms with E-state index < -0.39 is 0 Å². The van der Waals surface area contributed by atoms with Crippen LogP contribution in [0.5, 0.6) is 23.0 Å². The van der Waals surface area contributed by atoms with Crippen molar-refractivity contribution < 1.29 is 23.4 Å². The molecule has 0 saturated heterocycles. The molecule has 2 aromatic rings. The second kappa shape index (κ2) is 4.61. The molecule has 0 fully saturated rings. The average Bonchev–Trinajstić information content (AvgIpc) is 3.27. The van der Waals surface area contributed by atoms with Crippen molar-refractivity contribution in [1.82, 2.24) is 0 Å². The molecule has 0 saturated carbocycles. The lowest BCUT2D eigenvalue weighted by atomic mass is 9.81. The van der Waals surface area contributed by atoms with Crippen LogP contribution in [0.15, 0.2) is 24.3 Å². The largest absolute Gasteiger partial charge is 0.454 e. The molecule has 0 aliphatic carbocycles. The van der Waals surface area contributed by atoms with E-state index in [0.717, 1.165) is 53.4 Å². The Morgan fingerprint density at radius 3 is 2.64 bits per heavy atom. The number of rotatable bonds is 0. The van der Waals surface area contributed by atoms with Crippen LogP contribution >= 0.6 is 0 Å². The molecular formula is C20H20NO4+. The summed E-state index contributed by atoms with van der Waals surface area (Å²) in [4.78, 5) is 0. The topological polar surface area (TPSA) is 36.9 Å². The van der Waals surface area contributed by atoms with Gasteiger partial charge < -0.3 is 23.4 Å². The molecule has 4 aliphatic heterocycles. The van der Waals surface area contributed by atoms with Crippen LogP contribution in [-0.2, 0) is 19.4 Å². The van der Waals surface area contributed by atoms with Gasteiger partial charge in [0, 0.05) is 18.4 Å². The van der Waals surface area contributed by atoms with Crippen molar-refractivity contribution in [2.45, 2.75) is 25.4 Å². The Balaban J connectivity index is 1.49. The van der Waals surface area contributed by atoms with Gasteiger partial charge in [-0.3, -0.25) is 0 Å². The summed E-state index contributed by atoms with van der Waals surface area (Å²) in [5, 5.41) is 0. The van der Waals surface area contributed by atoms with Crippen molar-refractivity contribution >= 4 is 0 Å². The average molecular weight is 338 g/mol. The number of benzene rings is 2. The fourth-order valence-electron chi connectivity index (χ4n) is 4.92. The third-order valence-electron chi connectivity index (χ3n) is 6.31. The van der Waals surface area contributed by atoms with Gasteiger partial charge in [-0.25, -0.2) is 0 Å². The van der Waals surface area contributed by atoms with Crippen LogP contribution in [0, 0.1) is 0 Å². The molecule has 4 aliphatic rings. The molecule has 25 heavy (non-hydrogen) atoms. The first kappa shape index (κ1) is 13.8. The maximum absolute atomic E-state index is 5.78. The lowest BCUT2D eigenvalue weighted by Crippen LogP contribution is -2.53. The zero-order chi connectivity index (χ0) is 16.6. The minimum atomic E-state index is 0.335. The molecule has 0 radical (unpaired) electrons. The highest BCUT2D eigenvalue weighted by atomic mass is 16.7. The molecule has 5 heteroatoms. The van der Waals surface area contributed by atoms with Crippen molar-refractivity contribution in [3.05, 3.63) is 46.5 Å². The van der Waals surface area contributed by atoms with Crippen LogP contribution in [0.25, 0.3) is 0 Å². The normalized spacial score (nSPS) is 27.5. The van der Waals surface area contributed by atoms with Gasteiger partial charge in [0.2, 0.25) is 13.6 Å². The van der Waals surface area contributed by atoms with Crippen LogP contribution in [0.2, 0.25) is 0 Å².